The summed E-state index contributed by atoms with van der Waals surface area (Å²) in [5, 5.41) is 0.635. The molecule has 0 bridgehead atoms. The van der Waals surface area contributed by atoms with Crippen molar-refractivity contribution in [2.45, 2.75) is 6.92 Å². The third kappa shape index (κ3) is 4.59. The van der Waals surface area contributed by atoms with E-state index in [2.05, 4.69) is 0 Å². The van der Waals surface area contributed by atoms with Gasteiger partial charge in [-0.2, -0.15) is 0 Å². The molecule has 2 amide bonds. The fourth-order valence-corrected chi connectivity index (χ4v) is 3.67. The van der Waals surface area contributed by atoms with E-state index in [1.807, 2.05) is 47.1 Å². The molecule has 0 atom stereocenters. The number of carbonyl (C=O) groups is 2. The summed E-state index contributed by atoms with van der Waals surface area (Å²) in [5.74, 6) is -0.0855. The van der Waals surface area contributed by atoms with Crippen LogP contribution in [-0.2, 0) is 4.79 Å². The molecule has 1 saturated heterocycles. The van der Waals surface area contributed by atoms with Gasteiger partial charge in [0.1, 0.15) is 0 Å². The minimum Gasteiger partial charge on any atom is -0.362 e. The van der Waals surface area contributed by atoms with Crippen molar-refractivity contribution in [1.82, 2.24) is 9.80 Å². The van der Waals surface area contributed by atoms with E-state index in [1.54, 1.807) is 23.1 Å². The molecule has 2 aromatic carbocycles. The van der Waals surface area contributed by atoms with E-state index in [0.29, 0.717) is 43.3 Å². The number of halogens is 2. The number of rotatable bonds is 5. The molecule has 7 heteroatoms. The van der Waals surface area contributed by atoms with Crippen molar-refractivity contribution in [3.05, 3.63) is 64.1 Å². The number of anilines is 1. The first-order chi connectivity index (χ1) is 13.5. The topological polar surface area (TPSA) is 43.9 Å². The van der Waals surface area contributed by atoms with E-state index in [4.69, 9.17) is 23.2 Å². The minimum absolute atomic E-state index is 0.0681. The molecule has 0 aliphatic carbocycles. The second-order valence-corrected chi connectivity index (χ2v) is 7.41. The molecule has 0 unspecified atom stereocenters. The van der Waals surface area contributed by atoms with Gasteiger partial charge < -0.3 is 14.7 Å². The van der Waals surface area contributed by atoms with E-state index in [-0.39, 0.29) is 16.8 Å². The number of hydrogen-bond donors (Lipinski definition) is 0. The number of nitrogens with zero attached hydrogens (tertiary/aromatic N) is 3. The number of carbonyl (C=O) groups excluding carboxylic acids is 2. The second-order valence-electron chi connectivity index (χ2n) is 6.62. The zero-order valence-electron chi connectivity index (χ0n) is 15.8. The highest BCUT2D eigenvalue weighted by molar-refractivity contribution is 6.43. The van der Waals surface area contributed by atoms with Gasteiger partial charge in [-0.05, 0) is 31.2 Å². The maximum Gasteiger partial charge on any atom is 0.255 e. The summed E-state index contributed by atoms with van der Waals surface area (Å²) in [5.41, 5.74) is 1.43. The van der Waals surface area contributed by atoms with E-state index in [0.717, 1.165) is 12.2 Å². The van der Waals surface area contributed by atoms with Crippen LogP contribution in [0.3, 0.4) is 0 Å². The van der Waals surface area contributed by atoms with Gasteiger partial charge in [-0.25, -0.2) is 0 Å². The van der Waals surface area contributed by atoms with Gasteiger partial charge in [-0.3, -0.25) is 9.59 Å². The summed E-state index contributed by atoms with van der Waals surface area (Å²) in [6, 6.07) is 14.9. The smallest absolute Gasteiger partial charge is 0.255 e. The molecule has 28 heavy (non-hydrogen) atoms. The van der Waals surface area contributed by atoms with Crippen LogP contribution < -0.4 is 4.90 Å². The monoisotopic (exact) mass is 419 g/mol. The summed E-state index contributed by atoms with van der Waals surface area (Å²) in [6.45, 7) is 5.08. The van der Waals surface area contributed by atoms with Crippen LogP contribution in [0.4, 0.5) is 5.69 Å². The molecule has 2 aromatic rings. The van der Waals surface area contributed by atoms with Gasteiger partial charge in [0.2, 0.25) is 5.91 Å². The lowest BCUT2D eigenvalue weighted by atomic mass is 10.1. The molecule has 5 nitrogen and oxygen atoms in total. The number of hydrogen-bond acceptors (Lipinski definition) is 3. The number of piperazine rings is 1. The quantitative estimate of drug-likeness (QED) is 0.739. The van der Waals surface area contributed by atoms with Gasteiger partial charge >= 0.3 is 0 Å². The average Bonchev–Trinajstić information content (AvgIpc) is 2.74. The number of benzene rings is 2. The fourth-order valence-electron chi connectivity index (χ4n) is 3.29. The van der Waals surface area contributed by atoms with E-state index in [9.17, 15) is 9.59 Å². The highest BCUT2D eigenvalue weighted by Crippen LogP contribution is 2.26. The molecule has 0 radical (unpaired) electrons. The maximum absolute atomic E-state index is 12.7. The molecule has 148 valence electrons. The van der Waals surface area contributed by atoms with Crippen molar-refractivity contribution in [2.75, 3.05) is 44.2 Å². The predicted molar refractivity (Wildman–Crippen MR) is 113 cm³/mol. The fraction of sp³-hybridized carbons (Fsp3) is 0.333. The van der Waals surface area contributed by atoms with Crippen LogP contribution in [0.15, 0.2) is 48.5 Å². The third-order valence-corrected chi connectivity index (χ3v) is 5.75. The van der Waals surface area contributed by atoms with Gasteiger partial charge in [0.25, 0.3) is 5.91 Å². The lowest BCUT2D eigenvalue weighted by molar-refractivity contribution is -0.131. The van der Waals surface area contributed by atoms with E-state index >= 15 is 0 Å². The third-order valence-electron chi connectivity index (χ3n) is 4.93. The minimum atomic E-state index is -0.154. The Morgan fingerprint density at radius 3 is 2.21 bits per heavy atom. The van der Waals surface area contributed by atoms with Crippen LogP contribution >= 0.6 is 23.2 Å². The van der Waals surface area contributed by atoms with Crippen LogP contribution in [0.5, 0.6) is 0 Å². The van der Waals surface area contributed by atoms with Crippen LogP contribution in [0, 0.1) is 0 Å². The van der Waals surface area contributed by atoms with Gasteiger partial charge in [-0.1, -0.05) is 47.5 Å². The lowest BCUT2D eigenvalue weighted by Crippen LogP contribution is -2.52. The SMILES string of the molecule is CCN(CC(=O)N1CCN(C(=O)c2cccc(Cl)c2Cl)CC1)c1ccccc1. The van der Waals surface area contributed by atoms with Crippen molar-refractivity contribution < 1.29 is 9.59 Å². The molecule has 1 aliphatic heterocycles. The summed E-state index contributed by atoms with van der Waals surface area (Å²) < 4.78 is 0. The van der Waals surface area contributed by atoms with Gasteiger partial charge in [0.15, 0.2) is 0 Å². The molecule has 1 aliphatic rings. The van der Waals surface area contributed by atoms with Crippen LogP contribution in [0.25, 0.3) is 0 Å². The van der Waals surface area contributed by atoms with Crippen molar-refractivity contribution in [3.63, 3.8) is 0 Å². The van der Waals surface area contributed by atoms with E-state index in [1.165, 1.54) is 0 Å². The maximum atomic E-state index is 12.7. The largest absolute Gasteiger partial charge is 0.362 e. The highest BCUT2D eigenvalue weighted by Gasteiger charge is 2.27. The first kappa shape index (κ1) is 20.5. The molecule has 1 fully saturated rings. The molecule has 0 saturated carbocycles. The highest BCUT2D eigenvalue weighted by atomic mass is 35.5. The molecule has 1 heterocycles. The van der Waals surface area contributed by atoms with Crippen molar-refractivity contribution in [3.8, 4) is 0 Å². The Morgan fingerprint density at radius 1 is 0.929 bits per heavy atom. The number of likely N-dealkylation sites (N-methyl/N-ethyl adjacent to an activating group) is 1. The molecule has 0 N–H and O–H groups in total. The molecule has 3 rings (SSSR count). The summed E-state index contributed by atoms with van der Waals surface area (Å²) >= 11 is 12.2. The Hall–Kier alpha value is -2.24. The Morgan fingerprint density at radius 2 is 1.57 bits per heavy atom. The molecule has 0 aromatic heterocycles. The Bertz CT molecular complexity index is 837. The number of para-hydroxylation sites is 1. The standard InChI is InChI=1S/C21H23Cl2N3O2/c1-2-24(16-7-4-3-5-8-16)15-19(27)25-11-13-26(14-12-25)21(28)17-9-6-10-18(22)20(17)23/h3-10H,2,11-15H2,1H3. The van der Waals surface area contributed by atoms with Gasteiger partial charge in [0.05, 0.1) is 22.2 Å². The van der Waals surface area contributed by atoms with Crippen molar-refractivity contribution >= 4 is 40.7 Å². The molecule has 0 spiro atoms. The van der Waals surface area contributed by atoms with E-state index < -0.39 is 0 Å². The van der Waals surface area contributed by atoms with Gasteiger partial charge in [0, 0.05) is 38.4 Å². The number of amides is 2. The first-order valence-corrected chi connectivity index (χ1v) is 10.1. The summed E-state index contributed by atoms with van der Waals surface area (Å²) in [6.07, 6.45) is 0. The average molecular weight is 420 g/mol. The Labute approximate surface area is 175 Å². The molecular formula is C21H23Cl2N3O2. The van der Waals surface area contributed by atoms with Crippen LogP contribution in [0.1, 0.15) is 17.3 Å². The Kier molecular flexibility index (Phi) is 6.81. The van der Waals surface area contributed by atoms with Crippen molar-refractivity contribution in [1.29, 1.82) is 0 Å². The summed E-state index contributed by atoms with van der Waals surface area (Å²) in [7, 11) is 0. The van der Waals surface area contributed by atoms with Crippen molar-refractivity contribution in [2.24, 2.45) is 0 Å². The van der Waals surface area contributed by atoms with Gasteiger partial charge in [-0.15, -0.1) is 0 Å². The first-order valence-electron chi connectivity index (χ1n) is 9.32. The second kappa shape index (κ2) is 9.30. The zero-order valence-corrected chi connectivity index (χ0v) is 17.3. The van der Waals surface area contributed by atoms with Crippen LogP contribution in [0.2, 0.25) is 10.0 Å². The predicted octanol–water partition coefficient (Wildman–Crippen LogP) is 3.80. The lowest BCUT2D eigenvalue weighted by Gasteiger charge is -2.36. The van der Waals surface area contributed by atoms with Crippen LogP contribution in [-0.4, -0.2) is 60.9 Å². The molecular weight excluding hydrogens is 397 g/mol. The normalized spacial score (nSPS) is 14.1. The zero-order chi connectivity index (χ0) is 20.1. The Balaban J connectivity index is 1.58. The summed E-state index contributed by atoms with van der Waals surface area (Å²) in [4.78, 5) is 31.0.